The minimum absolute atomic E-state index is 0.0320. The lowest BCUT2D eigenvalue weighted by Gasteiger charge is -2.20. The number of esters is 1. The van der Waals surface area contributed by atoms with Gasteiger partial charge in [-0.2, -0.15) is 0 Å². The fraction of sp³-hybridized carbons (Fsp3) is 0.222. The molecule has 6 heteroatoms. The first-order valence-electron chi connectivity index (χ1n) is 7.18. The maximum atomic E-state index is 12.0. The zero-order valence-electron chi connectivity index (χ0n) is 13.2. The van der Waals surface area contributed by atoms with Crippen LogP contribution in [0, 0.1) is 0 Å². The summed E-state index contributed by atoms with van der Waals surface area (Å²) < 4.78 is 5.01. The van der Waals surface area contributed by atoms with Crippen molar-refractivity contribution >= 4 is 35.1 Å². The van der Waals surface area contributed by atoms with Gasteiger partial charge in [-0.3, -0.25) is 4.79 Å². The molecule has 0 atom stereocenters. The van der Waals surface area contributed by atoms with Crippen LogP contribution in [0.4, 0.5) is 0 Å². The normalized spacial score (nSPS) is 11.2. The van der Waals surface area contributed by atoms with Crippen LogP contribution in [0.2, 0.25) is 10.0 Å². The van der Waals surface area contributed by atoms with E-state index in [4.69, 9.17) is 33.0 Å². The molecule has 0 fully saturated rings. The number of halogens is 2. The molecule has 0 radical (unpaired) electrons. The van der Waals surface area contributed by atoms with E-state index in [2.05, 4.69) is 0 Å². The van der Waals surface area contributed by atoms with Crippen LogP contribution < -0.4 is 0 Å². The number of rotatable bonds is 5. The van der Waals surface area contributed by atoms with Crippen LogP contribution in [0.5, 0.6) is 0 Å². The third kappa shape index (κ3) is 4.49. The minimum atomic E-state index is -1.56. The molecule has 0 aliphatic heterocycles. The minimum Gasteiger partial charge on any atom is -0.478 e. The lowest BCUT2D eigenvalue weighted by atomic mass is 10.0. The Labute approximate surface area is 150 Å². The predicted octanol–water partition coefficient (Wildman–Crippen LogP) is 4.61. The molecule has 0 amide bonds. The summed E-state index contributed by atoms with van der Waals surface area (Å²) in [5, 5.41) is 10.0. The molecule has 0 unspecified atom stereocenters. The molecule has 2 aromatic carbocycles. The molecule has 0 spiro atoms. The first-order chi connectivity index (χ1) is 11.2. The zero-order chi connectivity index (χ0) is 17.9. The Kier molecular flexibility index (Phi) is 5.52. The molecule has 0 aromatic heterocycles. The van der Waals surface area contributed by atoms with E-state index in [0.29, 0.717) is 15.6 Å². The van der Waals surface area contributed by atoms with Gasteiger partial charge in [0.2, 0.25) is 5.60 Å². The Balaban J connectivity index is 2.19. The topological polar surface area (TPSA) is 63.6 Å². The molecule has 0 saturated carbocycles. The molecular weight excluding hydrogens is 351 g/mol. The van der Waals surface area contributed by atoms with Crippen LogP contribution in [0.1, 0.15) is 19.4 Å². The number of benzene rings is 2. The van der Waals surface area contributed by atoms with Crippen LogP contribution in [0.25, 0.3) is 11.1 Å². The van der Waals surface area contributed by atoms with Crippen LogP contribution in [-0.2, 0) is 20.7 Å². The SMILES string of the molecule is CC(C)(OC(=O)Cc1cccc(-c2ccc(Cl)cc2Cl)c1)C(=O)O. The van der Waals surface area contributed by atoms with E-state index in [1.165, 1.54) is 13.8 Å². The van der Waals surface area contributed by atoms with Crippen LogP contribution in [0.3, 0.4) is 0 Å². The van der Waals surface area contributed by atoms with Gasteiger partial charge in [-0.05, 0) is 37.1 Å². The molecular formula is C18H16Cl2O4. The molecule has 126 valence electrons. The van der Waals surface area contributed by atoms with Crippen LogP contribution in [0.15, 0.2) is 42.5 Å². The van der Waals surface area contributed by atoms with Crippen molar-refractivity contribution in [1.82, 2.24) is 0 Å². The van der Waals surface area contributed by atoms with E-state index in [1.54, 1.807) is 30.3 Å². The number of ether oxygens (including phenoxy) is 1. The Morgan fingerprint density at radius 1 is 1.12 bits per heavy atom. The average Bonchev–Trinajstić information content (AvgIpc) is 2.46. The molecule has 0 bridgehead atoms. The quantitative estimate of drug-likeness (QED) is 0.784. The van der Waals surface area contributed by atoms with Gasteiger partial charge >= 0.3 is 11.9 Å². The second-order valence-corrected chi connectivity index (χ2v) is 6.63. The zero-order valence-corrected chi connectivity index (χ0v) is 14.7. The molecule has 0 aliphatic carbocycles. The largest absolute Gasteiger partial charge is 0.478 e. The number of aliphatic carboxylic acids is 1. The summed E-state index contributed by atoms with van der Waals surface area (Å²) in [6, 6.07) is 12.4. The van der Waals surface area contributed by atoms with Gasteiger partial charge in [0.1, 0.15) is 0 Å². The van der Waals surface area contributed by atoms with Gasteiger partial charge < -0.3 is 9.84 Å². The highest BCUT2D eigenvalue weighted by atomic mass is 35.5. The fourth-order valence-electron chi connectivity index (χ4n) is 2.10. The molecule has 0 aliphatic rings. The average molecular weight is 367 g/mol. The second kappa shape index (κ2) is 7.24. The summed E-state index contributed by atoms with van der Waals surface area (Å²) >= 11 is 12.1. The highest BCUT2D eigenvalue weighted by Crippen LogP contribution is 2.30. The lowest BCUT2D eigenvalue weighted by Crippen LogP contribution is -2.37. The number of carbonyl (C=O) groups is 2. The Morgan fingerprint density at radius 2 is 1.83 bits per heavy atom. The monoisotopic (exact) mass is 366 g/mol. The maximum absolute atomic E-state index is 12.0. The van der Waals surface area contributed by atoms with Gasteiger partial charge in [0.15, 0.2) is 0 Å². The van der Waals surface area contributed by atoms with Gasteiger partial charge in [-0.25, -0.2) is 4.79 Å². The molecule has 2 aromatic rings. The van der Waals surface area contributed by atoms with Crippen LogP contribution >= 0.6 is 23.2 Å². The summed E-state index contributed by atoms with van der Waals surface area (Å²) in [5.41, 5.74) is 0.764. The number of hydrogen-bond acceptors (Lipinski definition) is 3. The van der Waals surface area contributed by atoms with Crippen molar-refractivity contribution in [2.45, 2.75) is 25.9 Å². The molecule has 4 nitrogen and oxygen atoms in total. The Bertz CT molecular complexity index is 784. The van der Waals surface area contributed by atoms with Crippen molar-refractivity contribution in [3.05, 3.63) is 58.1 Å². The van der Waals surface area contributed by atoms with Crippen LogP contribution in [-0.4, -0.2) is 22.6 Å². The first-order valence-corrected chi connectivity index (χ1v) is 7.94. The summed E-state index contributed by atoms with van der Waals surface area (Å²) in [4.78, 5) is 23.0. The smallest absolute Gasteiger partial charge is 0.347 e. The van der Waals surface area contributed by atoms with E-state index in [0.717, 1.165) is 11.1 Å². The van der Waals surface area contributed by atoms with Crippen molar-refractivity contribution in [2.24, 2.45) is 0 Å². The van der Waals surface area contributed by atoms with E-state index in [1.807, 2.05) is 12.1 Å². The third-order valence-corrected chi connectivity index (χ3v) is 3.95. The first kappa shape index (κ1) is 18.3. The third-order valence-electron chi connectivity index (χ3n) is 3.40. The molecule has 1 N–H and O–H groups in total. The summed E-state index contributed by atoms with van der Waals surface area (Å²) in [6.07, 6.45) is -0.0320. The van der Waals surface area contributed by atoms with Gasteiger partial charge in [0.25, 0.3) is 0 Å². The molecule has 0 heterocycles. The van der Waals surface area contributed by atoms with Crippen molar-refractivity contribution in [3.63, 3.8) is 0 Å². The highest BCUT2D eigenvalue weighted by Gasteiger charge is 2.31. The van der Waals surface area contributed by atoms with Gasteiger partial charge in [-0.15, -0.1) is 0 Å². The summed E-state index contributed by atoms with van der Waals surface area (Å²) in [5.74, 6) is -1.81. The van der Waals surface area contributed by atoms with E-state index in [-0.39, 0.29) is 6.42 Å². The number of carbonyl (C=O) groups excluding carboxylic acids is 1. The van der Waals surface area contributed by atoms with E-state index >= 15 is 0 Å². The number of carboxylic acid groups (broad SMARTS) is 1. The number of hydrogen-bond donors (Lipinski definition) is 1. The van der Waals surface area contributed by atoms with Crippen molar-refractivity contribution in [1.29, 1.82) is 0 Å². The fourth-order valence-corrected chi connectivity index (χ4v) is 2.62. The summed E-state index contributed by atoms with van der Waals surface area (Å²) in [7, 11) is 0. The summed E-state index contributed by atoms with van der Waals surface area (Å²) in [6.45, 7) is 2.66. The Hall–Kier alpha value is -2.04. The lowest BCUT2D eigenvalue weighted by molar-refractivity contribution is -0.173. The van der Waals surface area contributed by atoms with Crippen molar-refractivity contribution in [2.75, 3.05) is 0 Å². The van der Waals surface area contributed by atoms with E-state index < -0.39 is 17.5 Å². The maximum Gasteiger partial charge on any atom is 0.347 e. The second-order valence-electron chi connectivity index (χ2n) is 5.79. The standard InChI is InChI=1S/C18H16Cl2O4/c1-18(2,17(22)23)24-16(21)9-11-4-3-5-12(8-11)14-7-6-13(19)10-15(14)20/h3-8,10H,9H2,1-2H3,(H,22,23). The van der Waals surface area contributed by atoms with E-state index in [9.17, 15) is 9.59 Å². The highest BCUT2D eigenvalue weighted by molar-refractivity contribution is 6.36. The predicted molar refractivity (Wildman–Crippen MR) is 93.4 cm³/mol. The number of carboxylic acids is 1. The van der Waals surface area contributed by atoms with Gasteiger partial charge in [0, 0.05) is 15.6 Å². The molecule has 2 rings (SSSR count). The van der Waals surface area contributed by atoms with Gasteiger partial charge in [-0.1, -0.05) is 53.5 Å². The van der Waals surface area contributed by atoms with Crippen molar-refractivity contribution < 1.29 is 19.4 Å². The molecule has 24 heavy (non-hydrogen) atoms. The molecule has 0 saturated heterocycles. The Morgan fingerprint density at radius 3 is 2.46 bits per heavy atom. The van der Waals surface area contributed by atoms with Crippen molar-refractivity contribution in [3.8, 4) is 11.1 Å². The van der Waals surface area contributed by atoms with Gasteiger partial charge in [0.05, 0.1) is 6.42 Å².